The highest BCUT2D eigenvalue weighted by atomic mass is 35.5. The number of hydrogen-bond acceptors (Lipinski definition) is 5. The number of carbonyl (C=O) groups excluding carboxylic acids is 1. The van der Waals surface area contributed by atoms with Crippen LogP contribution in [0.5, 0.6) is 0 Å². The molecule has 32 heavy (non-hydrogen) atoms. The molecule has 0 unspecified atom stereocenters. The van der Waals surface area contributed by atoms with Gasteiger partial charge in [-0.15, -0.1) is 23.7 Å². The van der Waals surface area contributed by atoms with E-state index in [1.807, 2.05) is 24.3 Å². The summed E-state index contributed by atoms with van der Waals surface area (Å²) in [4.78, 5) is 17.0. The highest BCUT2D eigenvalue weighted by molar-refractivity contribution is 7.13. The van der Waals surface area contributed by atoms with Gasteiger partial charge in [-0.2, -0.15) is 0 Å². The number of carbonyl (C=O) groups is 1. The molecule has 0 saturated carbocycles. The fourth-order valence-corrected chi connectivity index (χ4v) is 4.42. The molecule has 4 aromatic rings. The van der Waals surface area contributed by atoms with Crippen molar-refractivity contribution in [3.05, 3.63) is 71.3 Å². The first-order chi connectivity index (χ1) is 15.1. The number of nitrogens with one attached hydrogen (secondary N) is 1. The SMILES string of the molecule is COCCCn1c(C)cc(-c2csc(-c3ccc(NC(=O)c4ccco4)cc3)n2)c1C.Cl. The Bertz CT molecular complexity index is 1160. The monoisotopic (exact) mass is 471 g/mol. The fraction of sp³-hybridized carbons (Fsp3) is 0.250. The number of thiazole rings is 1. The molecule has 6 nitrogen and oxygen atoms in total. The standard InChI is InChI=1S/C24H25N3O3S.ClH/c1-16-14-20(17(2)27(16)11-5-12-29-3)21-15-31-24(26-21)18-7-9-19(10-8-18)25-23(28)22-6-4-13-30-22;/h4,6-10,13-15H,5,11-12H2,1-3H3,(H,25,28);1H. The van der Waals surface area contributed by atoms with E-state index in [2.05, 4.69) is 35.2 Å². The number of furan rings is 1. The van der Waals surface area contributed by atoms with Crippen LogP contribution in [-0.4, -0.2) is 29.2 Å². The minimum Gasteiger partial charge on any atom is -0.459 e. The van der Waals surface area contributed by atoms with Gasteiger partial charge in [-0.3, -0.25) is 4.79 Å². The normalized spacial score (nSPS) is 10.7. The van der Waals surface area contributed by atoms with Gasteiger partial charge in [-0.1, -0.05) is 0 Å². The van der Waals surface area contributed by atoms with E-state index in [1.165, 1.54) is 23.2 Å². The van der Waals surface area contributed by atoms with Crippen LogP contribution in [0.2, 0.25) is 0 Å². The molecule has 0 spiro atoms. The zero-order chi connectivity index (χ0) is 21.8. The minimum absolute atomic E-state index is 0. The molecular weight excluding hydrogens is 446 g/mol. The highest BCUT2D eigenvalue weighted by Gasteiger charge is 2.15. The second-order valence-corrected chi connectivity index (χ2v) is 8.19. The summed E-state index contributed by atoms with van der Waals surface area (Å²) in [6, 6.07) is 13.2. The first-order valence-electron chi connectivity index (χ1n) is 10.1. The van der Waals surface area contributed by atoms with E-state index in [4.69, 9.17) is 14.1 Å². The molecule has 0 aliphatic rings. The van der Waals surface area contributed by atoms with E-state index in [9.17, 15) is 4.79 Å². The van der Waals surface area contributed by atoms with Crippen LogP contribution >= 0.6 is 23.7 Å². The molecule has 0 atom stereocenters. The van der Waals surface area contributed by atoms with Crippen molar-refractivity contribution in [3.8, 4) is 21.8 Å². The van der Waals surface area contributed by atoms with E-state index < -0.39 is 0 Å². The smallest absolute Gasteiger partial charge is 0.291 e. The molecule has 0 bridgehead atoms. The number of aromatic nitrogens is 2. The third kappa shape index (κ3) is 5.12. The maximum absolute atomic E-state index is 12.1. The number of rotatable bonds is 8. The molecule has 3 aromatic heterocycles. The largest absolute Gasteiger partial charge is 0.459 e. The second kappa shape index (κ2) is 10.6. The average molecular weight is 472 g/mol. The van der Waals surface area contributed by atoms with Gasteiger partial charge in [0, 0.05) is 53.8 Å². The summed E-state index contributed by atoms with van der Waals surface area (Å²) in [6.07, 6.45) is 2.46. The second-order valence-electron chi connectivity index (χ2n) is 7.33. The number of ether oxygens (including phenoxy) is 1. The Morgan fingerprint density at radius 3 is 2.69 bits per heavy atom. The Balaban J connectivity index is 0.00000289. The van der Waals surface area contributed by atoms with Gasteiger partial charge in [0.05, 0.1) is 12.0 Å². The summed E-state index contributed by atoms with van der Waals surface area (Å²) in [7, 11) is 1.73. The summed E-state index contributed by atoms with van der Waals surface area (Å²) in [6.45, 7) is 5.97. The number of halogens is 1. The third-order valence-electron chi connectivity index (χ3n) is 5.22. The Morgan fingerprint density at radius 1 is 1.22 bits per heavy atom. The van der Waals surface area contributed by atoms with Crippen LogP contribution in [0.15, 0.2) is 58.5 Å². The zero-order valence-electron chi connectivity index (χ0n) is 18.3. The van der Waals surface area contributed by atoms with Crippen molar-refractivity contribution in [1.29, 1.82) is 0 Å². The lowest BCUT2D eigenvalue weighted by Crippen LogP contribution is -2.10. The Kier molecular flexibility index (Phi) is 7.90. The van der Waals surface area contributed by atoms with Gasteiger partial charge in [0.1, 0.15) is 5.01 Å². The lowest BCUT2D eigenvalue weighted by molar-refractivity contribution is 0.0996. The van der Waals surface area contributed by atoms with E-state index in [-0.39, 0.29) is 24.1 Å². The van der Waals surface area contributed by atoms with Crippen molar-refractivity contribution < 1.29 is 13.9 Å². The van der Waals surface area contributed by atoms with Gasteiger partial charge in [-0.25, -0.2) is 4.98 Å². The number of methoxy groups -OCH3 is 1. The molecule has 4 rings (SSSR count). The van der Waals surface area contributed by atoms with Gasteiger partial charge >= 0.3 is 0 Å². The Morgan fingerprint density at radius 2 is 2.00 bits per heavy atom. The maximum atomic E-state index is 12.1. The van der Waals surface area contributed by atoms with Crippen molar-refractivity contribution >= 4 is 35.3 Å². The Labute approximate surface area is 197 Å². The van der Waals surface area contributed by atoms with Crippen LogP contribution in [0.1, 0.15) is 28.4 Å². The zero-order valence-corrected chi connectivity index (χ0v) is 19.9. The van der Waals surface area contributed by atoms with Crippen molar-refractivity contribution in [2.45, 2.75) is 26.8 Å². The van der Waals surface area contributed by atoms with E-state index >= 15 is 0 Å². The molecule has 1 aromatic carbocycles. The molecule has 0 fully saturated rings. The molecule has 3 heterocycles. The number of nitrogens with zero attached hydrogens (tertiary/aromatic N) is 2. The highest BCUT2D eigenvalue weighted by Crippen LogP contribution is 2.32. The molecule has 0 aliphatic heterocycles. The molecule has 168 valence electrons. The summed E-state index contributed by atoms with van der Waals surface area (Å²) < 4.78 is 12.6. The van der Waals surface area contributed by atoms with Crippen molar-refractivity contribution in [2.75, 3.05) is 19.0 Å². The number of aryl methyl sites for hydroxylation is 1. The van der Waals surface area contributed by atoms with Gasteiger partial charge in [-0.05, 0) is 62.7 Å². The number of anilines is 1. The molecule has 0 radical (unpaired) electrons. The van der Waals surface area contributed by atoms with Gasteiger partial charge in [0.15, 0.2) is 5.76 Å². The minimum atomic E-state index is -0.268. The number of hydrogen-bond donors (Lipinski definition) is 1. The summed E-state index contributed by atoms with van der Waals surface area (Å²) >= 11 is 1.62. The predicted octanol–water partition coefficient (Wildman–Crippen LogP) is 6.20. The molecule has 1 N–H and O–H groups in total. The number of benzene rings is 1. The fourth-order valence-electron chi connectivity index (χ4n) is 3.60. The summed E-state index contributed by atoms with van der Waals surface area (Å²) in [5.74, 6) is 0.0172. The van der Waals surface area contributed by atoms with E-state index in [0.29, 0.717) is 5.69 Å². The molecular formula is C24H26ClN3O3S. The first kappa shape index (κ1) is 23.8. The molecule has 1 amide bonds. The lowest BCUT2D eigenvalue weighted by Gasteiger charge is -2.09. The number of amides is 1. The molecule has 8 heteroatoms. The lowest BCUT2D eigenvalue weighted by atomic mass is 10.2. The van der Waals surface area contributed by atoms with Crippen LogP contribution in [0.25, 0.3) is 21.8 Å². The van der Waals surface area contributed by atoms with Gasteiger partial charge in [0.2, 0.25) is 0 Å². The quantitative estimate of drug-likeness (QED) is 0.310. The Hall–Kier alpha value is -2.87. The third-order valence-corrected chi connectivity index (χ3v) is 6.11. The van der Waals surface area contributed by atoms with E-state index in [0.717, 1.165) is 35.8 Å². The van der Waals surface area contributed by atoms with Crippen LogP contribution < -0.4 is 5.32 Å². The first-order valence-corrected chi connectivity index (χ1v) is 11.0. The van der Waals surface area contributed by atoms with Crippen LogP contribution in [0.4, 0.5) is 5.69 Å². The van der Waals surface area contributed by atoms with Crippen LogP contribution in [0, 0.1) is 13.8 Å². The summed E-state index contributed by atoms with van der Waals surface area (Å²) in [5, 5.41) is 5.88. The van der Waals surface area contributed by atoms with Crippen molar-refractivity contribution in [3.63, 3.8) is 0 Å². The van der Waals surface area contributed by atoms with Gasteiger partial charge < -0.3 is 19.0 Å². The maximum Gasteiger partial charge on any atom is 0.291 e. The topological polar surface area (TPSA) is 69.3 Å². The molecule has 0 saturated heterocycles. The van der Waals surface area contributed by atoms with Crippen molar-refractivity contribution in [2.24, 2.45) is 0 Å². The summed E-state index contributed by atoms with van der Waals surface area (Å²) in [5.41, 5.74) is 6.33. The average Bonchev–Trinajstić information content (AvgIpc) is 3.51. The molecule has 0 aliphatic carbocycles. The van der Waals surface area contributed by atoms with Crippen LogP contribution in [0.3, 0.4) is 0 Å². The van der Waals surface area contributed by atoms with Gasteiger partial charge in [0.25, 0.3) is 5.91 Å². The van der Waals surface area contributed by atoms with Crippen LogP contribution in [-0.2, 0) is 11.3 Å². The van der Waals surface area contributed by atoms with E-state index in [1.54, 1.807) is 30.6 Å². The predicted molar refractivity (Wildman–Crippen MR) is 131 cm³/mol. The van der Waals surface area contributed by atoms with Crippen molar-refractivity contribution in [1.82, 2.24) is 9.55 Å².